The number of hydrogen-bond acceptors (Lipinski definition) is 2. The van der Waals surface area contributed by atoms with Crippen LogP contribution >= 0.6 is 0 Å². The van der Waals surface area contributed by atoms with E-state index in [1.54, 1.807) is 0 Å². The molecule has 2 amide bonds. The number of urea groups is 1. The van der Waals surface area contributed by atoms with Gasteiger partial charge in [-0.3, -0.25) is 4.21 Å². The Morgan fingerprint density at radius 1 is 0.615 bits per heavy atom. The quantitative estimate of drug-likeness (QED) is 0.286. The number of unbranched alkanes of at least 4 members (excludes halogenated alkanes) is 12. The van der Waals surface area contributed by atoms with Crippen LogP contribution in [0, 0.1) is 0 Å². The lowest BCUT2D eigenvalue weighted by Gasteiger charge is -2.08. The molecule has 0 rings (SSSR count). The third kappa shape index (κ3) is 19.7. The summed E-state index contributed by atoms with van der Waals surface area (Å²) in [6.07, 6.45) is 17.5. The van der Waals surface area contributed by atoms with Crippen molar-refractivity contribution in [2.45, 2.75) is 104 Å². The van der Waals surface area contributed by atoms with Gasteiger partial charge in [-0.1, -0.05) is 90.9 Å². The van der Waals surface area contributed by atoms with Crippen LogP contribution in [0.1, 0.15) is 104 Å². The molecule has 0 saturated heterocycles. The van der Waals surface area contributed by atoms with Crippen LogP contribution in [0.2, 0.25) is 0 Å². The van der Waals surface area contributed by atoms with E-state index in [1.807, 2.05) is 0 Å². The summed E-state index contributed by atoms with van der Waals surface area (Å²) in [7, 11) is -0.800. The Bertz CT molecular complexity index is 338. The van der Waals surface area contributed by atoms with E-state index in [2.05, 4.69) is 24.5 Å². The van der Waals surface area contributed by atoms with Crippen LogP contribution in [-0.4, -0.2) is 34.8 Å². The van der Waals surface area contributed by atoms with Gasteiger partial charge in [0.05, 0.1) is 0 Å². The van der Waals surface area contributed by atoms with Crippen LogP contribution in [0.25, 0.3) is 0 Å². The third-order valence-corrected chi connectivity index (χ3v) is 6.06. The molecular formula is C21H44N2O2S. The van der Waals surface area contributed by atoms with Gasteiger partial charge in [0, 0.05) is 35.4 Å². The molecule has 2 N–H and O–H groups in total. The number of carbonyl (C=O) groups excluding carboxylic acids is 1. The lowest BCUT2D eigenvalue weighted by atomic mass is 10.1. The number of nitrogens with one attached hydrogen (secondary N) is 2. The molecule has 1 atom stereocenters. The molecular weight excluding hydrogens is 344 g/mol. The van der Waals surface area contributed by atoms with E-state index >= 15 is 0 Å². The van der Waals surface area contributed by atoms with Crippen LogP contribution < -0.4 is 10.6 Å². The highest BCUT2D eigenvalue weighted by Gasteiger charge is 2.03. The van der Waals surface area contributed by atoms with Crippen molar-refractivity contribution in [1.29, 1.82) is 0 Å². The SMILES string of the molecule is CCCCCCCCCCNC(=O)NCCS(=O)CCCCCCCC. The monoisotopic (exact) mass is 388 g/mol. The Kier molecular flexibility index (Phi) is 20.3. The van der Waals surface area contributed by atoms with Gasteiger partial charge in [0.15, 0.2) is 0 Å². The van der Waals surface area contributed by atoms with E-state index in [0.717, 1.165) is 25.1 Å². The van der Waals surface area contributed by atoms with Crippen molar-refractivity contribution in [3.8, 4) is 0 Å². The van der Waals surface area contributed by atoms with Crippen molar-refractivity contribution in [2.24, 2.45) is 0 Å². The Morgan fingerprint density at radius 3 is 1.65 bits per heavy atom. The maximum atomic E-state index is 11.9. The zero-order valence-electron chi connectivity index (χ0n) is 17.5. The van der Waals surface area contributed by atoms with E-state index < -0.39 is 10.8 Å². The van der Waals surface area contributed by atoms with Gasteiger partial charge in [0.1, 0.15) is 0 Å². The maximum absolute atomic E-state index is 11.9. The van der Waals surface area contributed by atoms with Gasteiger partial charge in [0.25, 0.3) is 0 Å². The van der Waals surface area contributed by atoms with E-state index in [1.165, 1.54) is 77.0 Å². The average molecular weight is 389 g/mol. The summed E-state index contributed by atoms with van der Waals surface area (Å²) in [5.41, 5.74) is 0. The van der Waals surface area contributed by atoms with E-state index in [4.69, 9.17) is 0 Å². The van der Waals surface area contributed by atoms with Crippen molar-refractivity contribution in [2.75, 3.05) is 24.6 Å². The molecule has 1 unspecified atom stereocenters. The molecule has 0 saturated carbocycles. The molecule has 0 fully saturated rings. The first-order valence-electron chi connectivity index (χ1n) is 11.1. The van der Waals surface area contributed by atoms with Crippen molar-refractivity contribution >= 4 is 16.8 Å². The van der Waals surface area contributed by atoms with Crippen molar-refractivity contribution in [1.82, 2.24) is 10.6 Å². The number of rotatable bonds is 19. The summed E-state index contributed by atoms with van der Waals surface area (Å²) in [6, 6.07) is -0.121. The molecule has 0 aromatic rings. The van der Waals surface area contributed by atoms with Crippen molar-refractivity contribution < 1.29 is 9.00 Å². The van der Waals surface area contributed by atoms with E-state index in [9.17, 15) is 9.00 Å². The van der Waals surface area contributed by atoms with Gasteiger partial charge >= 0.3 is 6.03 Å². The Morgan fingerprint density at radius 2 is 1.08 bits per heavy atom. The molecule has 0 aliphatic carbocycles. The first-order valence-corrected chi connectivity index (χ1v) is 12.6. The second-order valence-corrected chi connectivity index (χ2v) is 8.97. The molecule has 0 bridgehead atoms. The summed E-state index contributed by atoms with van der Waals surface area (Å²) >= 11 is 0. The zero-order valence-corrected chi connectivity index (χ0v) is 18.3. The standard InChI is InChI=1S/C21H44N2O2S/c1-3-5-7-9-11-12-13-15-17-22-21(24)23-18-20-26(25)19-16-14-10-8-6-4-2/h3-20H2,1-2H3,(H2,22,23,24). The summed E-state index contributed by atoms with van der Waals surface area (Å²) in [4.78, 5) is 11.7. The molecule has 5 heteroatoms. The number of hydrogen-bond donors (Lipinski definition) is 2. The number of amides is 2. The summed E-state index contributed by atoms with van der Waals surface area (Å²) < 4.78 is 11.9. The molecule has 0 spiro atoms. The summed E-state index contributed by atoms with van der Waals surface area (Å²) in [5, 5.41) is 5.70. The molecule has 0 aliphatic rings. The van der Waals surface area contributed by atoms with E-state index in [0.29, 0.717) is 12.3 Å². The van der Waals surface area contributed by atoms with Gasteiger partial charge in [-0.05, 0) is 12.8 Å². The molecule has 4 nitrogen and oxygen atoms in total. The van der Waals surface area contributed by atoms with Crippen LogP contribution in [0.3, 0.4) is 0 Å². The Balaban J connectivity index is 3.31. The minimum atomic E-state index is -0.800. The Hall–Kier alpha value is -0.580. The molecule has 156 valence electrons. The summed E-state index contributed by atoms with van der Waals surface area (Å²) in [6.45, 7) is 5.70. The van der Waals surface area contributed by atoms with Crippen LogP contribution in [-0.2, 0) is 10.8 Å². The van der Waals surface area contributed by atoms with Gasteiger partial charge in [0.2, 0.25) is 0 Å². The fraction of sp³-hybridized carbons (Fsp3) is 0.952. The molecule has 0 aromatic carbocycles. The first kappa shape index (κ1) is 25.4. The van der Waals surface area contributed by atoms with Crippen molar-refractivity contribution in [3.63, 3.8) is 0 Å². The van der Waals surface area contributed by atoms with Gasteiger partial charge in [-0.15, -0.1) is 0 Å². The predicted molar refractivity (Wildman–Crippen MR) is 115 cm³/mol. The minimum absolute atomic E-state index is 0.121. The maximum Gasteiger partial charge on any atom is 0.314 e. The largest absolute Gasteiger partial charge is 0.338 e. The van der Waals surface area contributed by atoms with Crippen LogP contribution in [0.5, 0.6) is 0 Å². The molecule has 0 radical (unpaired) electrons. The lowest BCUT2D eigenvalue weighted by Crippen LogP contribution is -2.38. The average Bonchev–Trinajstić information content (AvgIpc) is 2.63. The van der Waals surface area contributed by atoms with Gasteiger partial charge in [-0.25, -0.2) is 4.79 Å². The topological polar surface area (TPSA) is 58.2 Å². The lowest BCUT2D eigenvalue weighted by molar-refractivity contribution is 0.241. The molecule has 26 heavy (non-hydrogen) atoms. The second-order valence-electron chi connectivity index (χ2n) is 7.27. The highest BCUT2D eigenvalue weighted by Crippen LogP contribution is 2.08. The van der Waals surface area contributed by atoms with Crippen LogP contribution in [0.15, 0.2) is 0 Å². The van der Waals surface area contributed by atoms with Gasteiger partial charge in [-0.2, -0.15) is 0 Å². The molecule has 0 aliphatic heterocycles. The van der Waals surface area contributed by atoms with Crippen molar-refractivity contribution in [3.05, 3.63) is 0 Å². The molecule has 0 heterocycles. The van der Waals surface area contributed by atoms with Crippen LogP contribution in [0.4, 0.5) is 4.79 Å². The normalized spacial score (nSPS) is 12.1. The molecule has 0 aromatic heterocycles. The minimum Gasteiger partial charge on any atom is -0.338 e. The smallest absolute Gasteiger partial charge is 0.314 e. The second kappa shape index (κ2) is 20.7. The fourth-order valence-electron chi connectivity index (χ4n) is 2.95. The summed E-state index contributed by atoms with van der Waals surface area (Å²) in [5.74, 6) is 1.34. The zero-order chi connectivity index (χ0) is 19.3. The predicted octanol–water partition coefficient (Wildman–Crippen LogP) is 5.54. The first-order chi connectivity index (χ1) is 12.7. The van der Waals surface area contributed by atoms with E-state index in [-0.39, 0.29) is 6.03 Å². The highest BCUT2D eigenvalue weighted by molar-refractivity contribution is 7.84. The third-order valence-electron chi connectivity index (χ3n) is 4.66. The fourth-order valence-corrected chi connectivity index (χ4v) is 4.01. The number of carbonyl (C=O) groups is 1. The highest BCUT2D eigenvalue weighted by atomic mass is 32.2. The van der Waals surface area contributed by atoms with Gasteiger partial charge < -0.3 is 10.6 Å². The Labute approximate surface area is 165 Å².